The van der Waals surface area contributed by atoms with E-state index in [0.29, 0.717) is 46.2 Å². The van der Waals surface area contributed by atoms with Gasteiger partial charge >= 0.3 is 0 Å². The van der Waals surface area contributed by atoms with Crippen LogP contribution in [0.4, 0.5) is 5.95 Å². The quantitative estimate of drug-likeness (QED) is 0.657. The van der Waals surface area contributed by atoms with Gasteiger partial charge < -0.3 is 10.6 Å². The van der Waals surface area contributed by atoms with Gasteiger partial charge in [0.25, 0.3) is 11.5 Å². The molecule has 4 rings (SSSR count). The molecule has 134 valence electrons. The number of hydrogen-bond acceptors (Lipinski definition) is 7. The summed E-state index contributed by atoms with van der Waals surface area (Å²) in [6.45, 7) is 3.46. The molecule has 9 heteroatoms. The zero-order chi connectivity index (χ0) is 18.1. The van der Waals surface area contributed by atoms with Crippen molar-refractivity contribution in [2.45, 2.75) is 26.3 Å². The van der Waals surface area contributed by atoms with Crippen LogP contribution in [0.5, 0.6) is 0 Å². The number of carbonyl (C=O) groups excluding carboxylic acids is 1. The molecule has 1 amide bonds. The SMILES string of the molecule is Cc1c(C(=O)NCCNc2ncccn2)sc2nc3n(c(=O)c12)CCC3. The summed E-state index contributed by atoms with van der Waals surface area (Å²) >= 11 is 1.29. The normalized spacial score (nSPS) is 13.0. The van der Waals surface area contributed by atoms with Gasteiger partial charge in [0.05, 0.1) is 10.3 Å². The number of hydrogen-bond donors (Lipinski definition) is 2. The maximum Gasteiger partial charge on any atom is 0.262 e. The molecular formula is C17H18N6O2S. The molecule has 2 N–H and O–H groups in total. The standard InChI is InChI=1S/C17H18N6O2S/c1-10-12-15(22-11-4-2-9-23(11)16(12)25)26-13(10)14(24)18-7-8-21-17-19-5-3-6-20-17/h3,5-6H,2,4,7-9H2,1H3,(H,18,24)(H,19,20,21). The van der Waals surface area contributed by atoms with Crippen molar-refractivity contribution in [2.75, 3.05) is 18.4 Å². The first-order valence-corrected chi connectivity index (χ1v) is 9.28. The second-order valence-corrected chi connectivity index (χ2v) is 7.08. The molecule has 1 aliphatic rings. The molecule has 1 aliphatic heterocycles. The number of rotatable bonds is 5. The van der Waals surface area contributed by atoms with Crippen molar-refractivity contribution in [1.82, 2.24) is 24.8 Å². The molecule has 0 atom stereocenters. The third-order valence-corrected chi connectivity index (χ3v) is 5.56. The Labute approximate surface area is 153 Å². The van der Waals surface area contributed by atoms with Crippen LogP contribution in [0.3, 0.4) is 0 Å². The van der Waals surface area contributed by atoms with E-state index in [-0.39, 0.29) is 11.5 Å². The number of anilines is 1. The summed E-state index contributed by atoms with van der Waals surface area (Å²) in [5.41, 5.74) is 0.680. The fourth-order valence-electron chi connectivity index (χ4n) is 3.11. The molecule has 4 heterocycles. The average molecular weight is 370 g/mol. The van der Waals surface area contributed by atoms with Gasteiger partial charge in [0, 0.05) is 38.4 Å². The minimum absolute atomic E-state index is 0.0295. The van der Waals surface area contributed by atoms with Gasteiger partial charge in [-0.1, -0.05) is 0 Å². The maximum atomic E-state index is 12.7. The molecule has 3 aromatic rings. The first-order valence-electron chi connectivity index (χ1n) is 8.47. The highest BCUT2D eigenvalue weighted by molar-refractivity contribution is 7.20. The van der Waals surface area contributed by atoms with Crippen LogP contribution in [0, 0.1) is 6.92 Å². The van der Waals surface area contributed by atoms with E-state index < -0.39 is 0 Å². The lowest BCUT2D eigenvalue weighted by Gasteiger charge is -2.06. The Hall–Kier alpha value is -2.81. The lowest BCUT2D eigenvalue weighted by Crippen LogP contribution is -2.29. The van der Waals surface area contributed by atoms with Crippen LogP contribution in [-0.4, -0.2) is 38.5 Å². The van der Waals surface area contributed by atoms with Crippen molar-refractivity contribution in [1.29, 1.82) is 0 Å². The first kappa shape index (κ1) is 16.6. The first-order chi connectivity index (χ1) is 12.6. The van der Waals surface area contributed by atoms with Gasteiger partial charge in [0.1, 0.15) is 10.7 Å². The molecule has 3 aromatic heterocycles. The Kier molecular flexibility index (Phi) is 4.37. The molecule has 0 fully saturated rings. The van der Waals surface area contributed by atoms with Crippen LogP contribution < -0.4 is 16.2 Å². The highest BCUT2D eigenvalue weighted by Gasteiger charge is 2.23. The van der Waals surface area contributed by atoms with Crippen molar-refractivity contribution in [3.8, 4) is 0 Å². The van der Waals surface area contributed by atoms with Gasteiger partial charge in [-0.2, -0.15) is 0 Å². The van der Waals surface area contributed by atoms with E-state index in [1.807, 2.05) is 6.92 Å². The Bertz CT molecular complexity index is 1030. The summed E-state index contributed by atoms with van der Waals surface area (Å²) in [5.74, 6) is 1.15. The molecule has 8 nitrogen and oxygen atoms in total. The molecule has 26 heavy (non-hydrogen) atoms. The molecule has 0 bridgehead atoms. The summed E-state index contributed by atoms with van der Waals surface area (Å²) in [7, 11) is 0. The zero-order valence-corrected chi connectivity index (χ0v) is 15.1. The predicted octanol–water partition coefficient (Wildman–Crippen LogP) is 1.34. The van der Waals surface area contributed by atoms with Crippen molar-refractivity contribution in [2.24, 2.45) is 0 Å². The number of nitrogens with one attached hydrogen (secondary N) is 2. The molecule has 0 spiro atoms. The fraction of sp³-hybridized carbons (Fsp3) is 0.353. The highest BCUT2D eigenvalue weighted by atomic mass is 32.1. The summed E-state index contributed by atoms with van der Waals surface area (Å²) in [6.07, 6.45) is 5.07. The lowest BCUT2D eigenvalue weighted by molar-refractivity contribution is 0.0958. The Morgan fingerprint density at radius 2 is 2.12 bits per heavy atom. The molecule has 0 saturated heterocycles. The monoisotopic (exact) mass is 370 g/mol. The minimum Gasteiger partial charge on any atom is -0.352 e. The number of nitrogens with zero attached hydrogens (tertiary/aromatic N) is 4. The molecule has 0 radical (unpaired) electrons. The maximum absolute atomic E-state index is 12.7. The second kappa shape index (κ2) is 6.83. The Morgan fingerprint density at radius 1 is 1.31 bits per heavy atom. The van der Waals surface area contributed by atoms with Crippen LogP contribution in [0.2, 0.25) is 0 Å². The third-order valence-electron chi connectivity index (χ3n) is 4.38. The van der Waals surface area contributed by atoms with E-state index in [0.717, 1.165) is 18.7 Å². The summed E-state index contributed by atoms with van der Waals surface area (Å²) in [4.78, 5) is 39.1. The number of amides is 1. The van der Waals surface area contributed by atoms with E-state index in [2.05, 4.69) is 25.6 Å². The smallest absolute Gasteiger partial charge is 0.262 e. The van der Waals surface area contributed by atoms with Crippen molar-refractivity contribution in [3.63, 3.8) is 0 Å². The Morgan fingerprint density at radius 3 is 2.92 bits per heavy atom. The highest BCUT2D eigenvalue weighted by Crippen LogP contribution is 2.28. The second-order valence-electron chi connectivity index (χ2n) is 6.08. The van der Waals surface area contributed by atoms with Gasteiger partial charge in [-0.15, -0.1) is 11.3 Å². The summed E-state index contributed by atoms with van der Waals surface area (Å²) in [5, 5.41) is 6.47. The van der Waals surface area contributed by atoms with Crippen LogP contribution >= 0.6 is 11.3 Å². The van der Waals surface area contributed by atoms with Gasteiger partial charge in [-0.3, -0.25) is 14.2 Å². The van der Waals surface area contributed by atoms with Crippen molar-refractivity contribution < 1.29 is 4.79 Å². The minimum atomic E-state index is -0.189. The van der Waals surface area contributed by atoms with E-state index >= 15 is 0 Å². The molecular weight excluding hydrogens is 352 g/mol. The average Bonchev–Trinajstić information content (AvgIpc) is 3.25. The summed E-state index contributed by atoms with van der Waals surface area (Å²) in [6, 6.07) is 1.74. The van der Waals surface area contributed by atoms with Gasteiger partial charge in [0.2, 0.25) is 5.95 Å². The van der Waals surface area contributed by atoms with Crippen LogP contribution in [0.25, 0.3) is 10.2 Å². The van der Waals surface area contributed by atoms with Crippen molar-refractivity contribution >= 4 is 33.4 Å². The lowest BCUT2D eigenvalue weighted by atomic mass is 10.2. The van der Waals surface area contributed by atoms with Crippen LogP contribution in [0.1, 0.15) is 27.5 Å². The number of aromatic nitrogens is 4. The van der Waals surface area contributed by atoms with Gasteiger partial charge in [0.15, 0.2) is 0 Å². The largest absolute Gasteiger partial charge is 0.352 e. The van der Waals surface area contributed by atoms with Gasteiger partial charge in [-0.25, -0.2) is 15.0 Å². The molecule has 0 unspecified atom stereocenters. The number of carbonyl (C=O) groups is 1. The number of thiophene rings is 1. The van der Waals surface area contributed by atoms with E-state index in [4.69, 9.17) is 0 Å². The predicted molar refractivity (Wildman–Crippen MR) is 99.8 cm³/mol. The van der Waals surface area contributed by atoms with E-state index in [1.165, 1.54) is 11.3 Å². The molecule has 0 saturated carbocycles. The van der Waals surface area contributed by atoms with E-state index in [1.54, 1.807) is 23.0 Å². The topological polar surface area (TPSA) is 102 Å². The fourth-order valence-corrected chi connectivity index (χ4v) is 4.22. The van der Waals surface area contributed by atoms with Gasteiger partial charge in [-0.05, 0) is 25.0 Å². The number of aryl methyl sites for hydroxylation is 2. The summed E-state index contributed by atoms with van der Waals surface area (Å²) < 4.78 is 1.73. The molecule has 0 aromatic carbocycles. The van der Waals surface area contributed by atoms with Crippen LogP contribution in [-0.2, 0) is 13.0 Å². The Balaban J connectivity index is 1.48. The van der Waals surface area contributed by atoms with Crippen molar-refractivity contribution in [3.05, 3.63) is 45.1 Å². The number of fused-ring (bicyclic) bond motifs is 2. The zero-order valence-electron chi connectivity index (χ0n) is 14.3. The van der Waals surface area contributed by atoms with E-state index in [9.17, 15) is 9.59 Å². The molecule has 0 aliphatic carbocycles. The third kappa shape index (κ3) is 2.94. The van der Waals surface area contributed by atoms with Crippen LogP contribution in [0.15, 0.2) is 23.3 Å².